The molecule has 4 nitrogen and oxygen atoms in total. The first-order valence-corrected chi connectivity index (χ1v) is 6.51. The fourth-order valence-corrected chi connectivity index (χ4v) is 2.08. The summed E-state index contributed by atoms with van der Waals surface area (Å²) < 4.78 is 2.02. The molecule has 1 saturated carbocycles. The molecule has 1 aliphatic rings. The summed E-state index contributed by atoms with van der Waals surface area (Å²) in [6, 6.07) is 0. The summed E-state index contributed by atoms with van der Waals surface area (Å²) in [5, 5.41) is 7.34. The Morgan fingerprint density at radius 1 is 1.62 bits per heavy atom. The first kappa shape index (κ1) is 11.6. The van der Waals surface area contributed by atoms with Gasteiger partial charge in [-0.1, -0.05) is 12.8 Å². The Kier molecular flexibility index (Phi) is 3.63. The largest absolute Gasteiger partial charge is 0.383 e. The van der Waals surface area contributed by atoms with E-state index in [9.17, 15) is 4.79 Å². The molecule has 0 bridgehead atoms. The predicted octanol–water partition coefficient (Wildman–Crippen LogP) is 2.24. The topological polar surface area (TPSA) is 46.9 Å². The van der Waals surface area contributed by atoms with Crippen LogP contribution in [0.1, 0.15) is 26.2 Å². The second kappa shape index (κ2) is 4.99. The molecular weight excluding hydrogens is 270 g/mol. The van der Waals surface area contributed by atoms with Crippen LogP contribution in [0.5, 0.6) is 0 Å². The van der Waals surface area contributed by atoms with Crippen LogP contribution < -0.4 is 10.9 Å². The molecule has 0 atom stereocenters. The van der Waals surface area contributed by atoms with Crippen molar-refractivity contribution in [1.29, 1.82) is 0 Å². The molecular formula is C11H16BrN3O. The van der Waals surface area contributed by atoms with Gasteiger partial charge in [0.05, 0.1) is 11.9 Å². The van der Waals surface area contributed by atoms with Gasteiger partial charge in [-0.3, -0.25) is 4.79 Å². The number of nitrogens with one attached hydrogen (secondary N) is 1. The molecule has 16 heavy (non-hydrogen) atoms. The molecule has 5 heteroatoms. The third-order valence-corrected chi connectivity index (χ3v) is 3.62. The molecule has 0 aliphatic heterocycles. The van der Waals surface area contributed by atoms with E-state index in [0.717, 1.165) is 18.2 Å². The van der Waals surface area contributed by atoms with Gasteiger partial charge in [-0.05, 0) is 35.2 Å². The zero-order valence-corrected chi connectivity index (χ0v) is 11.0. The van der Waals surface area contributed by atoms with Gasteiger partial charge in [0.15, 0.2) is 0 Å². The lowest BCUT2D eigenvalue weighted by molar-refractivity contribution is 0.612. The van der Waals surface area contributed by atoms with Gasteiger partial charge >= 0.3 is 0 Å². The van der Waals surface area contributed by atoms with Crippen molar-refractivity contribution in [3.8, 4) is 0 Å². The van der Waals surface area contributed by atoms with Gasteiger partial charge in [-0.2, -0.15) is 5.10 Å². The van der Waals surface area contributed by atoms with Crippen molar-refractivity contribution < 1.29 is 0 Å². The number of aryl methyl sites for hydroxylation is 1. The highest BCUT2D eigenvalue weighted by molar-refractivity contribution is 9.10. The van der Waals surface area contributed by atoms with Crippen molar-refractivity contribution in [2.24, 2.45) is 5.92 Å². The molecule has 0 saturated heterocycles. The molecule has 2 rings (SSSR count). The van der Waals surface area contributed by atoms with Crippen molar-refractivity contribution in [2.75, 3.05) is 11.9 Å². The zero-order valence-electron chi connectivity index (χ0n) is 9.37. The van der Waals surface area contributed by atoms with Crippen LogP contribution in [0.4, 0.5) is 5.69 Å². The van der Waals surface area contributed by atoms with Crippen LogP contribution in [0.2, 0.25) is 0 Å². The summed E-state index contributed by atoms with van der Waals surface area (Å²) >= 11 is 3.32. The van der Waals surface area contributed by atoms with Crippen LogP contribution in [0.15, 0.2) is 15.5 Å². The summed E-state index contributed by atoms with van der Waals surface area (Å²) in [6.07, 6.45) is 5.61. The van der Waals surface area contributed by atoms with Gasteiger partial charge < -0.3 is 5.32 Å². The summed E-state index contributed by atoms with van der Waals surface area (Å²) in [4.78, 5) is 11.7. The Morgan fingerprint density at radius 3 is 3.00 bits per heavy atom. The molecule has 1 fully saturated rings. The summed E-state index contributed by atoms with van der Waals surface area (Å²) in [5.74, 6) is 0.898. The highest BCUT2D eigenvalue weighted by Gasteiger charge is 2.20. The predicted molar refractivity (Wildman–Crippen MR) is 67.7 cm³/mol. The molecule has 0 spiro atoms. The number of anilines is 1. The highest BCUT2D eigenvalue weighted by atomic mass is 79.9. The van der Waals surface area contributed by atoms with Crippen molar-refractivity contribution in [2.45, 2.75) is 32.7 Å². The number of aromatic nitrogens is 2. The second-order valence-corrected chi connectivity index (χ2v) is 4.94. The van der Waals surface area contributed by atoms with Gasteiger partial charge in [0.1, 0.15) is 4.47 Å². The number of rotatable bonds is 5. The number of nitrogens with zero attached hydrogens (tertiary/aromatic N) is 2. The highest BCUT2D eigenvalue weighted by Crippen LogP contribution is 2.32. The standard InChI is InChI=1S/C11H16BrN3O/c1-2-15-11(16)10(12)9(7-14-15)13-6-5-8-3-4-8/h7-8,13H,2-6H2,1H3. The van der Waals surface area contributed by atoms with Crippen LogP contribution in [-0.4, -0.2) is 16.3 Å². The lowest BCUT2D eigenvalue weighted by Gasteiger charge is -2.08. The number of halogens is 1. The van der Waals surface area contributed by atoms with Crippen LogP contribution in [0.25, 0.3) is 0 Å². The van der Waals surface area contributed by atoms with Gasteiger partial charge in [0.25, 0.3) is 5.56 Å². The van der Waals surface area contributed by atoms with Gasteiger partial charge in [-0.15, -0.1) is 0 Å². The molecule has 1 aromatic rings. The fraction of sp³-hybridized carbons (Fsp3) is 0.636. The Balaban J connectivity index is 2.02. The third-order valence-electron chi connectivity index (χ3n) is 2.85. The van der Waals surface area contributed by atoms with E-state index in [1.54, 1.807) is 6.20 Å². The molecule has 0 amide bonds. The van der Waals surface area contributed by atoms with E-state index < -0.39 is 0 Å². The van der Waals surface area contributed by atoms with E-state index in [-0.39, 0.29) is 5.56 Å². The van der Waals surface area contributed by atoms with E-state index in [2.05, 4.69) is 26.3 Å². The fourth-order valence-electron chi connectivity index (χ4n) is 1.63. The number of hydrogen-bond donors (Lipinski definition) is 1. The van der Waals surface area contributed by atoms with Crippen molar-refractivity contribution >= 4 is 21.6 Å². The van der Waals surface area contributed by atoms with Crippen molar-refractivity contribution in [3.05, 3.63) is 21.0 Å². The maximum atomic E-state index is 11.7. The lowest BCUT2D eigenvalue weighted by atomic mass is 10.3. The lowest BCUT2D eigenvalue weighted by Crippen LogP contribution is -2.23. The van der Waals surface area contributed by atoms with E-state index in [1.165, 1.54) is 23.9 Å². The summed E-state index contributed by atoms with van der Waals surface area (Å²) in [5.41, 5.74) is 0.731. The molecule has 0 radical (unpaired) electrons. The van der Waals surface area contributed by atoms with Crippen LogP contribution in [0, 0.1) is 5.92 Å². The normalized spacial score (nSPS) is 15.1. The Morgan fingerprint density at radius 2 is 2.38 bits per heavy atom. The minimum absolute atomic E-state index is 0.0704. The number of hydrogen-bond acceptors (Lipinski definition) is 3. The molecule has 1 heterocycles. The smallest absolute Gasteiger partial charge is 0.283 e. The SMILES string of the molecule is CCn1ncc(NCCC2CC2)c(Br)c1=O. The van der Waals surface area contributed by atoms with E-state index >= 15 is 0 Å². The van der Waals surface area contributed by atoms with Gasteiger partial charge in [0.2, 0.25) is 0 Å². The average Bonchev–Trinajstić information content (AvgIpc) is 3.08. The molecule has 0 unspecified atom stereocenters. The minimum Gasteiger partial charge on any atom is -0.383 e. The monoisotopic (exact) mass is 285 g/mol. The zero-order chi connectivity index (χ0) is 11.5. The minimum atomic E-state index is -0.0704. The summed E-state index contributed by atoms with van der Waals surface area (Å²) in [6.45, 7) is 3.42. The van der Waals surface area contributed by atoms with E-state index in [0.29, 0.717) is 11.0 Å². The molecule has 88 valence electrons. The van der Waals surface area contributed by atoms with Gasteiger partial charge in [0, 0.05) is 13.1 Å². The molecule has 1 aliphatic carbocycles. The van der Waals surface area contributed by atoms with Crippen molar-refractivity contribution in [1.82, 2.24) is 9.78 Å². The first-order valence-electron chi connectivity index (χ1n) is 5.72. The maximum Gasteiger partial charge on any atom is 0.283 e. The van der Waals surface area contributed by atoms with Crippen LogP contribution >= 0.6 is 15.9 Å². The van der Waals surface area contributed by atoms with Crippen LogP contribution in [-0.2, 0) is 6.54 Å². The average molecular weight is 286 g/mol. The van der Waals surface area contributed by atoms with Crippen molar-refractivity contribution in [3.63, 3.8) is 0 Å². The molecule has 1 aromatic heterocycles. The molecule has 1 N–H and O–H groups in total. The second-order valence-electron chi connectivity index (χ2n) is 4.15. The van der Waals surface area contributed by atoms with E-state index in [4.69, 9.17) is 0 Å². The van der Waals surface area contributed by atoms with Gasteiger partial charge in [-0.25, -0.2) is 4.68 Å². The third kappa shape index (κ3) is 2.64. The Bertz CT molecular complexity index is 426. The van der Waals surface area contributed by atoms with E-state index in [1.807, 2.05) is 6.92 Å². The first-order chi connectivity index (χ1) is 7.72. The Hall–Kier alpha value is -0.840. The Labute approximate surface area is 103 Å². The maximum absolute atomic E-state index is 11.7. The van der Waals surface area contributed by atoms with Crippen LogP contribution in [0.3, 0.4) is 0 Å². The summed E-state index contributed by atoms with van der Waals surface area (Å²) in [7, 11) is 0. The quantitative estimate of drug-likeness (QED) is 0.903. The molecule has 0 aromatic carbocycles.